The molecule has 7 heteroatoms. The molecule has 0 rings (SSSR count). The summed E-state index contributed by atoms with van der Waals surface area (Å²) in [6.45, 7) is 2.57. The summed E-state index contributed by atoms with van der Waals surface area (Å²) in [6, 6.07) is 1.61. The molecule has 0 aliphatic rings. The maximum atomic E-state index is 11.4. The van der Waals surface area contributed by atoms with Crippen molar-refractivity contribution < 1.29 is 23.9 Å². The largest absolute Gasteiger partial charge is 0.463 e. The van der Waals surface area contributed by atoms with Gasteiger partial charge in [-0.15, -0.1) is 0 Å². The summed E-state index contributed by atoms with van der Waals surface area (Å²) in [5.74, 6) is -2.30. The van der Waals surface area contributed by atoms with Crippen LogP contribution < -0.4 is 5.73 Å². The summed E-state index contributed by atoms with van der Waals surface area (Å²) in [6.07, 6.45) is 1.71. The Morgan fingerprint density at radius 2 is 1.74 bits per heavy atom. The van der Waals surface area contributed by atoms with Gasteiger partial charge in [0, 0.05) is 17.8 Å². The molecule has 0 unspecified atom stereocenters. The third kappa shape index (κ3) is 6.63. The molecule has 0 aromatic carbocycles. The van der Waals surface area contributed by atoms with Crippen LogP contribution in [0.5, 0.6) is 0 Å². The average Bonchev–Trinajstić information content (AvgIpc) is 2.34. The molecule has 0 bridgehead atoms. The van der Waals surface area contributed by atoms with Crippen LogP contribution in [0, 0.1) is 11.3 Å². The first kappa shape index (κ1) is 16.4. The average molecular weight is 266 g/mol. The van der Waals surface area contributed by atoms with Gasteiger partial charge in [-0.05, 0) is 13.8 Å². The van der Waals surface area contributed by atoms with Gasteiger partial charge in [0.2, 0.25) is 5.78 Å². The fourth-order valence-electron chi connectivity index (χ4n) is 0.954. The highest BCUT2D eigenvalue weighted by atomic mass is 16.5. The highest BCUT2D eigenvalue weighted by Crippen LogP contribution is 1.99. The number of Topliss-reactive ketones (excluding diaryl/α,β-unsaturated/α-hetero) is 1. The number of ether oxygens (including phenoxy) is 2. The number of rotatable bonds is 6. The van der Waals surface area contributed by atoms with E-state index in [1.54, 1.807) is 13.0 Å². The molecule has 0 aromatic heterocycles. The number of nitriles is 1. The van der Waals surface area contributed by atoms with E-state index >= 15 is 0 Å². The Morgan fingerprint density at radius 1 is 1.21 bits per heavy atom. The first-order valence-corrected chi connectivity index (χ1v) is 5.33. The summed E-state index contributed by atoms with van der Waals surface area (Å²) in [5, 5.41) is 8.64. The standard InChI is InChI=1S/C12H14N2O5/c1-3-18-11(16)4-5-12(17)19-7-10(15)9(6-13)8(2)14/h4-5H,3,7,14H2,1-2H3. The fourth-order valence-corrected chi connectivity index (χ4v) is 0.954. The maximum Gasteiger partial charge on any atom is 0.331 e. The molecule has 0 aliphatic carbocycles. The van der Waals surface area contributed by atoms with Crippen molar-refractivity contribution in [1.29, 1.82) is 5.26 Å². The summed E-state index contributed by atoms with van der Waals surface area (Å²) >= 11 is 0. The number of esters is 2. The lowest BCUT2D eigenvalue weighted by Gasteiger charge is -2.01. The van der Waals surface area contributed by atoms with Crippen LogP contribution in [-0.4, -0.2) is 30.9 Å². The number of carbonyl (C=O) groups is 3. The van der Waals surface area contributed by atoms with E-state index in [1.807, 2.05) is 0 Å². The Bertz CT molecular complexity index is 467. The van der Waals surface area contributed by atoms with E-state index in [0.717, 1.165) is 12.2 Å². The van der Waals surface area contributed by atoms with Crippen molar-refractivity contribution in [2.24, 2.45) is 5.73 Å². The third-order valence-corrected chi connectivity index (χ3v) is 1.77. The molecule has 0 radical (unpaired) electrons. The molecule has 19 heavy (non-hydrogen) atoms. The molecule has 7 nitrogen and oxygen atoms in total. The summed E-state index contributed by atoms with van der Waals surface area (Å²) in [7, 11) is 0. The van der Waals surface area contributed by atoms with Gasteiger partial charge >= 0.3 is 11.9 Å². The van der Waals surface area contributed by atoms with Crippen molar-refractivity contribution >= 4 is 17.7 Å². The van der Waals surface area contributed by atoms with Gasteiger partial charge in [0.25, 0.3) is 0 Å². The lowest BCUT2D eigenvalue weighted by Crippen LogP contribution is -2.16. The lowest BCUT2D eigenvalue weighted by atomic mass is 10.1. The zero-order chi connectivity index (χ0) is 14.8. The van der Waals surface area contributed by atoms with Gasteiger partial charge in [-0.1, -0.05) is 0 Å². The van der Waals surface area contributed by atoms with E-state index < -0.39 is 24.3 Å². The summed E-state index contributed by atoms with van der Waals surface area (Å²) in [4.78, 5) is 33.4. The van der Waals surface area contributed by atoms with Crippen molar-refractivity contribution in [3.8, 4) is 6.07 Å². The van der Waals surface area contributed by atoms with Crippen LogP contribution in [0.1, 0.15) is 13.8 Å². The van der Waals surface area contributed by atoms with Gasteiger partial charge in [-0.25, -0.2) is 9.59 Å². The third-order valence-electron chi connectivity index (χ3n) is 1.77. The Balaban J connectivity index is 4.33. The first-order valence-electron chi connectivity index (χ1n) is 5.33. The maximum absolute atomic E-state index is 11.4. The fraction of sp³-hybridized carbons (Fsp3) is 0.333. The summed E-state index contributed by atoms with van der Waals surface area (Å²) in [5.41, 5.74) is 5.09. The Kier molecular flexibility index (Phi) is 7.30. The highest BCUT2D eigenvalue weighted by Gasteiger charge is 2.13. The van der Waals surface area contributed by atoms with Crippen molar-refractivity contribution in [3.63, 3.8) is 0 Å². The molecule has 102 valence electrons. The van der Waals surface area contributed by atoms with E-state index in [2.05, 4.69) is 9.47 Å². The monoisotopic (exact) mass is 266 g/mol. The Hall–Kier alpha value is -2.62. The number of carbonyl (C=O) groups excluding carboxylic acids is 3. The van der Waals surface area contributed by atoms with Crippen molar-refractivity contribution in [2.75, 3.05) is 13.2 Å². The molecule has 2 N–H and O–H groups in total. The smallest absolute Gasteiger partial charge is 0.331 e. The highest BCUT2D eigenvalue weighted by molar-refractivity contribution is 6.01. The van der Waals surface area contributed by atoms with Crippen LogP contribution in [0.25, 0.3) is 0 Å². The Labute approximate surface area is 110 Å². The van der Waals surface area contributed by atoms with Gasteiger partial charge in [0.05, 0.1) is 6.61 Å². The van der Waals surface area contributed by atoms with Crippen LogP contribution in [0.2, 0.25) is 0 Å². The second kappa shape index (κ2) is 8.47. The second-order valence-corrected chi connectivity index (χ2v) is 3.29. The molecular weight excluding hydrogens is 252 g/mol. The van der Waals surface area contributed by atoms with Crippen LogP contribution in [0.3, 0.4) is 0 Å². The van der Waals surface area contributed by atoms with Crippen LogP contribution in [0.15, 0.2) is 23.4 Å². The second-order valence-electron chi connectivity index (χ2n) is 3.29. The minimum absolute atomic E-state index is 0.0469. The van der Waals surface area contributed by atoms with Crippen molar-refractivity contribution in [3.05, 3.63) is 23.4 Å². The molecule has 0 atom stereocenters. The molecule has 0 saturated heterocycles. The van der Waals surface area contributed by atoms with Crippen LogP contribution >= 0.6 is 0 Å². The molecule has 0 aromatic rings. The van der Waals surface area contributed by atoms with Gasteiger partial charge in [0.1, 0.15) is 11.6 Å². The molecule has 0 spiro atoms. The minimum atomic E-state index is -0.895. The van der Waals surface area contributed by atoms with Crippen molar-refractivity contribution in [2.45, 2.75) is 13.8 Å². The molecule has 0 fully saturated rings. The minimum Gasteiger partial charge on any atom is -0.463 e. The Morgan fingerprint density at radius 3 is 2.16 bits per heavy atom. The zero-order valence-corrected chi connectivity index (χ0v) is 10.6. The van der Waals surface area contributed by atoms with E-state index in [0.29, 0.717) is 0 Å². The predicted molar refractivity (Wildman–Crippen MR) is 64.2 cm³/mol. The topological polar surface area (TPSA) is 119 Å². The molecule has 0 amide bonds. The van der Waals surface area contributed by atoms with Crippen LogP contribution in [0.4, 0.5) is 0 Å². The quantitative estimate of drug-likeness (QED) is 0.407. The molecule has 0 aliphatic heterocycles. The number of allylic oxidation sites excluding steroid dienone is 1. The summed E-state index contributed by atoms with van der Waals surface area (Å²) < 4.78 is 9.08. The predicted octanol–water partition coefficient (Wildman–Crippen LogP) is -0.0257. The first-order chi connectivity index (χ1) is 8.92. The number of nitrogens with two attached hydrogens (primary N) is 1. The number of hydrogen-bond acceptors (Lipinski definition) is 7. The van der Waals surface area contributed by atoms with Crippen molar-refractivity contribution in [1.82, 2.24) is 0 Å². The van der Waals surface area contributed by atoms with E-state index in [1.165, 1.54) is 6.92 Å². The SMILES string of the molecule is CCOC(=O)C=CC(=O)OCC(=O)C(C#N)=C(C)N. The zero-order valence-electron chi connectivity index (χ0n) is 10.6. The molecule has 0 heterocycles. The van der Waals surface area contributed by atoms with Gasteiger partial charge in [-0.2, -0.15) is 5.26 Å². The lowest BCUT2D eigenvalue weighted by molar-refractivity contribution is -0.142. The van der Waals surface area contributed by atoms with Gasteiger partial charge < -0.3 is 15.2 Å². The normalized spacial score (nSPS) is 11.4. The molecule has 0 saturated carbocycles. The number of hydrogen-bond donors (Lipinski definition) is 1. The van der Waals surface area contributed by atoms with Crippen LogP contribution in [-0.2, 0) is 23.9 Å². The number of ketones is 1. The van der Waals surface area contributed by atoms with Gasteiger partial charge in [-0.3, -0.25) is 4.79 Å². The van der Waals surface area contributed by atoms with E-state index in [-0.39, 0.29) is 17.9 Å². The number of nitrogens with zero attached hydrogens (tertiary/aromatic N) is 1. The van der Waals surface area contributed by atoms with Gasteiger partial charge in [0.15, 0.2) is 6.61 Å². The molecular formula is C12H14N2O5. The van der Waals surface area contributed by atoms with E-state index in [9.17, 15) is 14.4 Å². The van der Waals surface area contributed by atoms with E-state index in [4.69, 9.17) is 11.0 Å².